The second kappa shape index (κ2) is 4.40. The van der Waals surface area contributed by atoms with E-state index in [2.05, 4.69) is 13.2 Å². The summed E-state index contributed by atoms with van der Waals surface area (Å²) in [5.41, 5.74) is 0.524. The molecular weight excluding hydrogens is 160 g/mol. The lowest BCUT2D eigenvalue weighted by Gasteiger charge is -2.26. The second-order valence-electron chi connectivity index (χ2n) is 4.20. The molecule has 0 bridgehead atoms. The maximum absolute atomic E-state index is 11.9. The van der Waals surface area contributed by atoms with Crippen LogP contribution in [0.2, 0.25) is 0 Å². The Labute approximate surface area is 81.5 Å². The molecule has 0 fully saturated rings. The Kier molecular flexibility index (Phi) is 4.12. The van der Waals surface area contributed by atoms with E-state index >= 15 is 0 Å². The van der Waals surface area contributed by atoms with Crippen molar-refractivity contribution < 1.29 is 4.79 Å². The zero-order chi connectivity index (χ0) is 10.6. The van der Waals surface area contributed by atoms with Gasteiger partial charge < -0.3 is 0 Å². The Morgan fingerprint density at radius 2 is 2.00 bits per heavy atom. The summed E-state index contributed by atoms with van der Waals surface area (Å²) in [7, 11) is 0. The molecule has 0 saturated carbocycles. The molecule has 1 heteroatoms. The molecule has 0 aromatic carbocycles. The highest BCUT2D eigenvalue weighted by Crippen LogP contribution is 2.29. The van der Waals surface area contributed by atoms with Crippen LogP contribution in [-0.2, 0) is 4.79 Å². The van der Waals surface area contributed by atoms with Crippen LogP contribution in [0.4, 0.5) is 0 Å². The highest BCUT2D eigenvalue weighted by molar-refractivity contribution is 5.88. The summed E-state index contributed by atoms with van der Waals surface area (Å²) in [6.07, 6.45) is 2.53. The molecule has 74 valence electrons. The molecule has 0 aliphatic carbocycles. The molecule has 0 aliphatic rings. The van der Waals surface area contributed by atoms with Gasteiger partial charge in [-0.05, 0) is 27.2 Å². The van der Waals surface area contributed by atoms with Gasteiger partial charge in [-0.1, -0.05) is 25.2 Å². The van der Waals surface area contributed by atoms with Crippen molar-refractivity contribution in [2.45, 2.75) is 34.1 Å². The van der Waals surface area contributed by atoms with Gasteiger partial charge in [-0.3, -0.25) is 4.79 Å². The summed E-state index contributed by atoms with van der Waals surface area (Å²) in [4.78, 5) is 11.9. The number of rotatable bonds is 5. The third-order valence-corrected chi connectivity index (χ3v) is 2.65. The van der Waals surface area contributed by atoms with Crippen LogP contribution >= 0.6 is 0 Å². The van der Waals surface area contributed by atoms with Crippen LogP contribution < -0.4 is 0 Å². The van der Waals surface area contributed by atoms with Crippen LogP contribution in [0.3, 0.4) is 0 Å². The van der Waals surface area contributed by atoms with E-state index in [0.29, 0.717) is 0 Å². The standard InChI is InChI=1S/C12H20O/c1-7-8-10(4)11(13)12(5,6)9(2)3/h7,10H,1-2,8H2,3-6H3. The van der Waals surface area contributed by atoms with E-state index in [-0.39, 0.29) is 11.7 Å². The summed E-state index contributed by atoms with van der Waals surface area (Å²) in [6, 6.07) is 0. The number of carbonyl (C=O) groups is 1. The maximum atomic E-state index is 11.9. The van der Waals surface area contributed by atoms with E-state index < -0.39 is 5.41 Å². The predicted molar refractivity (Wildman–Crippen MR) is 57.6 cm³/mol. The lowest BCUT2D eigenvalue weighted by molar-refractivity contribution is -0.128. The minimum Gasteiger partial charge on any atom is -0.298 e. The highest BCUT2D eigenvalue weighted by atomic mass is 16.1. The molecule has 0 rings (SSSR count). The fourth-order valence-corrected chi connectivity index (χ4v) is 1.18. The molecule has 1 unspecified atom stereocenters. The summed E-state index contributed by atoms with van der Waals surface area (Å²) in [5.74, 6) is 0.295. The van der Waals surface area contributed by atoms with E-state index in [0.717, 1.165) is 12.0 Å². The maximum Gasteiger partial charge on any atom is 0.145 e. The molecule has 0 heterocycles. The van der Waals surface area contributed by atoms with Gasteiger partial charge in [0.05, 0.1) is 0 Å². The lowest BCUT2D eigenvalue weighted by Crippen LogP contribution is -2.30. The SMILES string of the molecule is C=CCC(C)C(=O)C(C)(C)C(=C)C. The number of ketones is 1. The van der Waals surface area contributed by atoms with Crippen LogP contribution in [-0.4, -0.2) is 5.78 Å². The Morgan fingerprint density at radius 1 is 1.54 bits per heavy atom. The van der Waals surface area contributed by atoms with Gasteiger partial charge in [0.15, 0.2) is 0 Å². The zero-order valence-electron chi connectivity index (χ0n) is 9.18. The van der Waals surface area contributed by atoms with Gasteiger partial charge in [0.25, 0.3) is 0 Å². The first-order chi connectivity index (χ1) is 5.84. The van der Waals surface area contributed by atoms with Crippen molar-refractivity contribution in [3.63, 3.8) is 0 Å². The monoisotopic (exact) mass is 180 g/mol. The van der Waals surface area contributed by atoms with Gasteiger partial charge in [-0.2, -0.15) is 0 Å². The summed E-state index contributed by atoms with van der Waals surface area (Å²) in [5, 5.41) is 0. The molecule has 0 amide bonds. The lowest BCUT2D eigenvalue weighted by atomic mass is 9.76. The fraction of sp³-hybridized carbons (Fsp3) is 0.583. The Morgan fingerprint density at radius 3 is 2.31 bits per heavy atom. The van der Waals surface area contributed by atoms with Crippen molar-refractivity contribution in [2.75, 3.05) is 0 Å². The Balaban J connectivity index is 4.58. The number of Topliss-reactive ketones (excluding diaryl/α,β-unsaturated/α-hetero) is 1. The Hall–Kier alpha value is -0.850. The normalized spacial score (nSPS) is 13.5. The molecule has 0 aromatic rings. The van der Waals surface area contributed by atoms with E-state index in [1.54, 1.807) is 6.08 Å². The summed E-state index contributed by atoms with van der Waals surface area (Å²) in [6.45, 7) is 15.2. The molecule has 0 aliphatic heterocycles. The third-order valence-electron chi connectivity index (χ3n) is 2.65. The first kappa shape index (κ1) is 12.2. The van der Waals surface area contributed by atoms with Gasteiger partial charge in [-0.25, -0.2) is 0 Å². The first-order valence-corrected chi connectivity index (χ1v) is 4.65. The molecule has 0 aromatic heterocycles. The van der Waals surface area contributed by atoms with Crippen molar-refractivity contribution in [3.8, 4) is 0 Å². The largest absolute Gasteiger partial charge is 0.298 e. The minimum atomic E-state index is -0.400. The number of hydrogen-bond donors (Lipinski definition) is 0. The Bertz CT molecular complexity index is 223. The van der Waals surface area contributed by atoms with Gasteiger partial charge in [0.1, 0.15) is 5.78 Å². The summed E-state index contributed by atoms with van der Waals surface area (Å²) < 4.78 is 0. The predicted octanol–water partition coefficient (Wildman–Crippen LogP) is 3.37. The van der Waals surface area contributed by atoms with Crippen molar-refractivity contribution >= 4 is 5.78 Å². The first-order valence-electron chi connectivity index (χ1n) is 4.65. The molecule has 0 spiro atoms. The van der Waals surface area contributed by atoms with Gasteiger partial charge in [0.2, 0.25) is 0 Å². The number of allylic oxidation sites excluding steroid dienone is 2. The minimum absolute atomic E-state index is 0.0456. The molecular formula is C12H20O. The molecule has 0 radical (unpaired) electrons. The van der Waals surface area contributed by atoms with Gasteiger partial charge in [-0.15, -0.1) is 6.58 Å². The molecule has 1 nitrogen and oxygen atoms in total. The summed E-state index contributed by atoms with van der Waals surface area (Å²) >= 11 is 0. The number of carbonyl (C=O) groups excluding carboxylic acids is 1. The zero-order valence-corrected chi connectivity index (χ0v) is 9.18. The molecule has 1 atom stereocenters. The van der Waals surface area contributed by atoms with Crippen molar-refractivity contribution in [1.29, 1.82) is 0 Å². The van der Waals surface area contributed by atoms with E-state index in [4.69, 9.17) is 0 Å². The van der Waals surface area contributed by atoms with Gasteiger partial charge in [0, 0.05) is 11.3 Å². The van der Waals surface area contributed by atoms with E-state index in [1.165, 1.54) is 0 Å². The van der Waals surface area contributed by atoms with Crippen molar-refractivity contribution in [2.24, 2.45) is 11.3 Å². The average molecular weight is 180 g/mol. The smallest absolute Gasteiger partial charge is 0.145 e. The second-order valence-corrected chi connectivity index (χ2v) is 4.20. The van der Waals surface area contributed by atoms with E-state index in [9.17, 15) is 4.79 Å². The van der Waals surface area contributed by atoms with Crippen molar-refractivity contribution in [1.82, 2.24) is 0 Å². The van der Waals surface area contributed by atoms with Gasteiger partial charge >= 0.3 is 0 Å². The van der Waals surface area contributed by atoms with Crippen LogP contribution in [0.15, 0.2) is 24.8 Å². The fourth-order valence-electron chi connectivity index (χ4n) is 1.18. The molecule has 0 saturated heterocycles. The third kappa shape index (κ3) is 2.83. The highest BCUT2D eigenvalue weighted by Gasteiger charge is 2.31. The van der Waals surface area contributed by atoms with Crippen LogP contribution in [0.5, 0.6) is 0 Å². The molecule has 13 heavy (non-hydrogen) atoms. The van der Waals surface area contributed by atoms with Crippen LogP contribution in [0.1, 0.15) is 34.1 Å². The van der Waals surface area contributed by atoms with Crippen molar-refractivity contribution in [3.05, 3.63) is 24.8 Å². The van der Waals surface area contributed by atoms with Crippen LogP contribution in [0.25, 0.3) is 0 Å². The topological polar surface area (TPSA) is 17.1 Å². The number of hydrogen-bond acceptors (Lipinski definition) is 1. The molecule has 0 N–H and O–H groups in total. The average Bonchev–Trinajstić information content (AvgIpc) is 2.03. The van der Waals surface area contributed by atoms with E-state index in [1.807, 2.05) is 27.7 Å². The quantitative estimate of drug-likeness (QED) is 0.593. The van der Waals surface area contributed by atoms with Crippen LogP contribution in [0, 0.1) is 11.3 Å².